The lowest BCUT2D eigenvalue weighted by Crippen LogP contribution is -2.30. The van der Waals surface area contributed by atoms with Gasteiger partial charge in [0.05, 0.1) is 18.1 Å². The number of sulfonamides is 1. The number of benzene rings is 2. The lowest BCUT2D eigenvalue weighted by Gasteiger charge is -2.19. The molecule has 2 rings (SSSR count). The molecule has 2 aromatic carbocycles. The second-order valence-electron chi connectivity index (χ2n) is 5.69. The Kier molecular flexibility index (Phi) is 7.65. The average molecular weight is 411 g/mol. The van der Waals surface area contributed by atoms with Crippen molar-refractivity contribution in [2.75, 3.05) is 25.0 Å². The molecule has 0 spiro atoms. The van der Waals surface area contributed by atoms with Crippen molar-refractivity contribution in [3.8, 4) is 5.75 Å². The highest BCUT2D eigenvalue weighted by Crippen LogP contribution is 2.27. The van der Waals surface area contributed by atoms with Crippen LogP contribution < -0.4 is 10.1 Å². The van der Waals surface area contributed by atoms with E-state index in [9.17, 15) is 13.2 Å². The van der Waals surface area contributed by atoms with E-state index in [1.165, 1.54) is 16.4 Å². The number of ether oxygens (including phenoxy) is 1. The molecule has 0 saturated carbocycles. The van der Waals surface area contributed by atoms with Gasteiger partial charge in [-0.2, -0.15) is 4.31 Å². The van der Waals surface area contributed by atoms with Gasteiger partial charge < -0.3 is 10.1 Å². The first kappa shape index (κ1) is 21.2. The van der Waals surface area contributed by atoms with Crippen LogP contribution in [-0.2, 0) is 14.8 Å². The number of nitrogens with one attached hydrogen (secondary N) is 1. The summed E-state index contributed by atoms with van der Waals surface area (Å²) in [5, 5.41) is 2.80. The number of amides is 1. The highest BCUT2D eigenvalue weighted by Gasteiger charge is 2.24. The van der Waals surface area contributed by atoms with Gasteiger partial charge in [0, 0.05) is 18.8 Å². The Morgan fingerprint density at radius 1 is 1.11 bits per heavy atom. The lowest BCUT2D eigenvalue weighted by atomic mass is 10.3. The van der Waals surface area contributed by atoms with Crippen molar-refractivity contribution < 1.29 is 17.9 Å². The molecule has 0 aliphatic heterocycles. The summed E-state index contributed by atoms with van der Waals surface area (Å²) in [6.45, 7) is 4.40. The van der Waals surface area contributed by atoms with Gasteiger partial charge in [0.25, 0.3) is 0 Å². The van der Waals surface area contributed by atoms with E-state index >= 15 is 0 Å². The van der Waals surface area contributed by atoms with Crippen LogP contribution in [0.25, 0.3) is 0 Å². The van der Waals surface area contributed by atoms with Crippen molar-refractivity contribution in [2.45, 2.75) is 25.2 Å². The first-order valence-corrected chi connectivity index (χ1v) is 10.5. The number of carbonyl (C=O) groups is 1. The molecule has 0 unspecified atom stereocenters. The molecule has 27 heavy (non-hydrogen) atoms. The third kappa shape index (κ3) is 5.69. The Balaban J connectivity index is 2.03. The molecule has 146 valence electrons. The number of para-hydroxylation sites is 1. The summed E-state index contributed by atoms with van der Waals surface area (Å²) >= 11 is 6.09. The average Bonchev–Trinajstić information content (AvgIpc) is 2.65. The predicted octanol–water partition coefficient (Wildman–Crippen LogP) is 3.78. The lowest BCUT2D eigenvalue weighted by molar-refractivity contribution is -0.116. The van der Waals surface area contributed by atoms with Crippen molar-refractivity contribution in [3.63, 3.8) is 0 Å². The first-order valence-electron chi connectivity index (χ1n) is 8.65. The van der Waals surface area contributed by atoms with Gasteiger partial charge >= 0.3 is 0 Å². The quantitative estimate of drug-likeness (QED) is 0.682. The minimum atomic E-state index is -3.72. The molecule has 0 aliphatic rings. The number of rotatable bonds is 9. The zero-order valence-electron chi connectivity index (χ0n) is 15.3. The van der Waals surface area contributed by atoms with E-state index in [0.29, 0.717) is 24.5 Å². The SMILES string of the molecule is CCN(CC)S(=O)(=O)c1cc(NC(=O)CCOc2ccccc2)ccc1Cl. The highest BCUT2D eigenvalue weighted by molar-refractivity contribution is 7.89. The largest absolute Gasteiger partial charge is 0.493 e. The Bertz CT molecular complexity index is 869. The van der Waals surface area contributed by atoms with Crippen LogP contribution in [0.4, 0.5) is 5.69 Å². The van der Waals surface area contributed by atoms with E-state index < -0.39 is 10.0 Å². The standard InChI is InChI=1S/C19H23ClN2O4S/c1-3-22(4-2)27(24,25)18-14-15(10-11-17(18)20)21-19(23)12-13-26-16-8-6-5-7-9-16/h5-11,14H,3-4,12-13H2,1-2H3,(H,21,23). The molecule has 0 bridgehead atoms. The molecule has 1 amide bonds. The Labute approximate surface area is 165 Å². The summed E-state index contributed by atoms with van der Waals surface area (Å²) in [5.41, 5.74) is 0.370. The van der Waals surface area contributed by atoms with Crippen molar-refractivity contribution >= 4 is 33.2 Å². The van der Waals surface area contributed by atoms with Gasteiger partial charge in [-0.1, -0.05) is 43.6 Å². The maximum Gasteiger partial charge on any atom is 0.244 e. The van der Waals surface area contributed by atoms with Crippen molar-refractivity contribution in [2.24, 2.45) is 0 Å². The van der Waals surface area contributed by atoms with Crippen LogP contribution in [0.15, 0.2) is 53.4 Å². The predicted molar refractivity (Wildman–Crippen MR) is 107 cm³/mol. The monoisotopic (exact) mass is 410 g/mol. The van der Waals surface area contributed by atoms with Gasteiger partial charge in [0.15, 0.2) is 0 Å². The van der Waals surface area contributed by atoms with Crippen molar-refractivity contribution in [1.82, 2.24) is 4.31 Å². The Morgan fingerprint density at radius 2 is 1.78 bits per heavy atom. The van der Waals surface area contributed by atoms with Crippen LogP contribution >= 0.6 is 11.6 Å². The van der Waals surface area contributed by atoms with E-state index in [-0.39, 0.29) is 28.9 Å². The van der Waals surface area contributed by atoms with Gasteiger partial charge in [-0.3, -0.25) is 4.79 Å². The molecule has 0 fully saturated rings. The Hall–Kier alpha value is -2.09. The molecule has 1 N–H and O–H groups in total. The van der Waals surface area contributed by atoms with Crippen LogP contribution in [0.3, 0.4) is 0 Å². The molecule has 6 nitrogen and oxygen atoms in total. The van der Waals surface area contributed by atoms with Crippen LogP contribution in [0, 0.1) is 0 Å². The summed E-state index contributed by atoms with van der Waals surface area (Å²) in [6.07, 6.45) is 0.135. The minimum absolute atomic E-state index is 0.0220. The Morgan fingerprint density at radius 3 is 2.41 bits per heavy atom. The molecule has 0 aromatic heterocycles. The van der Waals surface area contributed by atoms with Gasteiger partial charge in [-0.15, -0.1) is 0 Å². The summed E-state index contributed by atoms with van der Waals surface area (Å²) in [7, 11) is -3.72. The molecular formula is C19H23ClN2O4S. The molecular weight excluding hydrogens is 388 g/mol. The van der Waals surface area contributed by atoms with Gasteiger partial charge in [0.1, 0.15) is 10.6 Å². The van der Waals surface area contributed by atoms with Gasteiger partial charge in [-0.25, -0.2) is 8.42 Å². The van der Waals surface area contributed by atoms with Crippen LogP contribution in [0.2, 0.25) is 5.02 Å². The number of hydrogen-bond acceptors (Lipinski definition) is 4. The van der Waals surface area contributed by atoms with Crippen LogP contribution in [0.1, 0.15) is 20.3 Å². The summed E-state index contributed by atoms with van der Waals surface area (Å²) in [4.78, 5) is 12.1. The number of hydrogen-bond donors (Lipinski definition) is 1. The fraction of sp³-hybridized carbons (Fsp3) is 0.316. The zero-order valence-corrected chi connectivity index (χ0v) is 16.9. The molecule has 0 radical (unpaired) electrons. The second-order valence-corrected chi connectivity index (χ2v) is 8.01. The molecule has 2 aromatic rings. The van der Waals surface area contributed by atoms with Crippen LogP contribution in [-0.4, -0.2) is 38.3 Å². The molecule has 0 aliphatic carbocycles. The normalized spacial score (nSPS) is 11.4. The molecule has 0 heterocycles. The molecule has 0 saturated heterocycles. The number of nitrogens with zero attached hydrogens (tertiary/aromatic N) is 1. The number of halogens is 1. The smallest absolute Gasteiger partial charge is 0.244 e. The third-order valence-electron chi connectivity index (χ3n) is 3.88. The van der Waals surface area contributed by atoms with Crippen molar-refractivity contribution in [3.05, 3.63) is 53.6 Å². The van der Waals surface area contributed by atoms with E-state index in [2.05, 4.69) is 5.32 Å². The zero-order chi connectivity index (χ0) is 19.9. The fourth-order valence-electron chi connectivity index (χ4n) is 2.48. The third-order valence-corrected chi connectivity index (χ3v) is 6.41. The van der Waals surface area contributed by atoms with E-state index in [1.807, 2.05) is 18.2 Å². The number of anilines is 1. The van der Waals surface area contributed by atoms with Gasteiger partial charge in [-0.05, 0) is 30.3 Å². The highest BCUT2D eigenvalue weighted by atomic mass is 35.5. The summed E-state index contributed by atoms with van der Waals surface area (Å²) < 4.78 is 32.2. The van der Waals surface area contributed by atoms with E-state index in [0.717, 1.165) is 0 Å². The van der Waals surface area contributed by atoms with Crippen molar-refractivity contribution in [1.29, 1.82) is 0 Å². The summed E-state index contributed by atoms with van der Waals surface area (Å²) in [6, 6.07) is 13.6. The fourth-order valence-corrected chi connectivity index (χ4v) is 4.44. The van der Waals surface area contributed by atoms with Gasteiger partial charge in [0.2, 0.25) is 15.9 Å². The maximum absolute atomic E-state index is 12.7. The van der Waals surface area contributed by atoms with E-state index in [1.54, 1.807) is 32.0 Å². The van der Waals surface area contributed by atoms with Crippen LogP contribution in [0.5, 0.6) is 5.75 Å². The minimum Gasteiger partial charge on any atom is -0.493 e. The molecule has 0 atom stereocenters. The number of carbonyl (C=O) groups excluding carboxylic acids is 1. The molecule has 8 heteroatoms. The topological polar surface area (TPSA) is 75.7 Å². The first-order chi connectivity index (χ1) is 12.9. The van der Waals surface area contributed by atoms with E-state index in [4.69, 9.17) is 16.3 Å². The maximum atomic E-state index is 12.7. The summed E-state index contributed by atoms with van der Waals surface area (Å²) in [5.74, 6) is 0.406. The second kappa shape index (κ2) is 9.73.